The summed E-state index contributed by atoms with van der Waals surface area (Å²) >= 11 is 1.65. The van der Waals surface area contributed by atoms with Crippen molar-refractivity contribution in [2.45, 2.75) is 11.6 Å². The lowest BCUT2D eigenvalue weighted by Crippen LogP contribution is -2.37. The van der Waals surface area contributed by atoms with Gasteiger partial charge in [-0.25, -0.2) is 4.98 Å². The van der Waals surface area contributed by atoms with Crippen molar-refractivity contribution in [3.05, 3.63) is 161 Å². The number of imidazole rings is 1. The molecule has 0 aliphatic carbocycles. The second kappa shape index (κ2) is 8.99. The van der Waals surface area contributed by atoms with Gasteiger partial charge in [0.05, 0.1) is 12.0 Å². The van der Waals surface area contributed by atoms with Crippen LogP contribution in [-0.4, -0.2) is 14.7 Å². The molecule has 0 saturated heterocycles. The van der Waals surface area contributed by atoms with E-state index in [1.165, 1.54) is 0 Å². The van der Waals surface area contributed by atoms with Gasteiger partial charge in [0.25, 0.3) is 0 Å². The molecule has 0 aliphatic heterocycles. The maximum atomic E-state index is 11.4. The van der Waals surface area contributed by atoms with E-state index in [4.69, 9.17) is 4.98 Å². The van der Waals surface area contributed by atoms with E-state index in [0.29, 0.717) is 5.69 Å². The second-order valence-electron chi connectivity index (χ2n) is 8.60. The minimum atomic E-state index is -0.813. The van der Waals surface area contributed by atoms with Crippen molar-refractivity contribution in [3.63, 3.8) is 0 Å². The van der Waals surface area contributed by atoms with Crippen LogP contribution in [0.3, 0.4) is 0 Å². The van der Waals surface area contributed by atoms with Crippen LogP contribution in [0.15, 0.2) is 133 Å². The first-order valence-electron chi connectivity index (χ1n) is 11.6. The van der Waals surface area contributed by atoms with Crippen LogP contribution in [0.25, 0.3) is 10.1 Å². The first kappa shape index (κ1) is 21.5. The fourth-order valence-corrected chi connectivity index (χ4v) is 6.00. The molecular weight excluding hydrogens is 448 g/mol. The second-order valence-corrected chi connectivity index (χ2v) is 9.52. The lowest BCUT2D eigenvalue weighted by molar-refractivity contribution is 0.217. The molecule has 0 radical (unpaired) electrons. The Balaban J connectivity index is 1.57. The molecule has 0 bridgehead atoms. The van der Waals surface area contributed by atoms with Gasteiger partial charge in [-0.15, -0.1) is 11.3 Å². The van der Waals surface area contributed by atoms with Crippen LogP contribution in [0.2, 0.25) is 0 Å². The zero-order valence-corrected chi connectivity index (χ0v) is 19.8. The number of aliphatic hydroxyl groups is 1. The Morgan fingerprint density at radius 3 is 1.77 bits per heavy atom. The summed E-state index contributed by atoms with van der Waals surface area (Å²) in [6.45, 7) is 0. The molecule has 2 aromatic heterocycles. The van der Waals surface area contributed by atoms with Gasteiger partial charge >= 0.3 is 0 Å². The van der Waals surface area contributed by atoms with Crippen molar-refractivity contribution in [1.82, 2.24) is 9.55 Å². The average Bonchev–Trinajstić information content (AvgIpc) is 3.59. The topological polar surface area (TPSA) is 38.0 Å². The van der Waals surface area contributed by atoms with Gasteiger partial charge in [0.1, 0.15) is 11.6 Å². The number of aromatic nitrogens is 2. The molecular formula is C31H24N2OS. The summed E-state index contributed by atoms with van der Waals surface area (Å²) in [5.74, 6) is 0. The fourth-order valence-electron chi connectivity index (χ4n) is 5.02. The summed E-state index contributed by atoms with van der Waals surface area (Å²) in [6, 6.07) is 39.6. The minimum absolute atomic E-state index is 0.626. The average molecular weight is 473 g/mol. The highest BCUT2D eigenvalue weighted by Crippen LogP contribution is 2.41. The number of fused-ring (bicyclic) bond motifs is 1. The Hall–Kier alpha value is -3.99. The van der Waals surface area contributed by atoms with E-state index in [-0.39, 0.29) is 0 Å². The molecule has 35 heavy (non-hydrogen) atoms. The molecule has 0 saturated carbocycles. The summed E-state index contributed by atoms with van der Waals surface area (Å²) in [5.41, 5.74) is 4.23. The lowest BCUT2D eigenvalue weighted by Gasteiger charge is -2.37. The fraction of sp³-hybridized carbons (Fsp3) is 0.0645. The van der Waals surface area contributed by atoms with Crippen molar-refractivity contribution in [2.24, 2.45) is 0 Å². The molecule has 6 aromatic rings. The third-order valence-corrected chi connectivity index (χ3v) is 7.63. The first-order chi connectivity index (χ1) is 17.3. The summed E-state index contributed by atoms with van der Waals surface area (Å²) < 4.78 is 3.30. The van der Waals surface area contributed by atoms with E-state index >= 15 is 0 Å². The van der Waals surface area contributed by atoms with Gasteiger partial charge < -0.3 is 9.67 Å². The summed E-state index contributed by atoms with van der Waals surface area (Å²) in [6.07, 6.45) is 3.02. The molecule has 0 aliphatic rings. The SMILES string of the molecule is OC(c1cn(C(c2ccccc2)(c2ccccc2)c2ccccc2)cn1)c1csc2ccccc12. The predicted molar refractivity (Wildman–Crippen MR) is 143 cm³/mol. The van der Waals surface area contributed by atoms with Gasteiger partial charge in [-0.3, -0.25) is 0 Å². The maximum absolute atomic E-state index is 11.4. The Bertz CT molecular complexity index is 1460. The number of aliphatic hydroxyl groups excluding tert-OH is 1. The number of benzene rings is 4. The summed E-state index contributed by atoms with van der Waals surface area (Å²) in [4.78, 5) is 4.74. The highest BCUT2D eigenvalue weighted by atomic mass is 32.1. The van der Waals surface area contributed by atoms with Crippen LogP contribution in [0, 0.1) is 0 Å². The molecule has 3 nitrogen and oxygen atoms in total. The molecule has 1 N–H and O–H groups in total. The highest BCUT2D eigenvalue weighted by molar-refractivity contribution is 7.17. The summed E-state index contributed by atoms with van der Waals surface area (Å²) in [7, 11) is 0. The van der Waals surface area contributed by atoms with Gasteiger partial charge in [-0.05, 0) is 33.5 Å². The Morgan fingerprint density at radius 2 is 1.20 bits per heavy atom. The van der Waals surface area contributed by atoms with Crippen LogP contribution < -0.4 is 0 Å². The Labute approximate surface area is 208 Å². The molecule has 4 heteroatoms. The van der Waals surface area contributed by atoms with Crippen LogP contribution in [0.1, 0.15) is 34.1 Å². The Kier molecular flexibility index (Phi) is 5.53. The number of nitrogens with zero attached hydrogens (tertiary/aromatic N) is 2. The van der Waals surface area contributed by atoms with E-state index in [0.717, 1.165) is 32.3 Å². The number of thiophene rings is 1. The Morgan fingerprint density at radius 1 is 0.686 bits per heavy atom. The van der Waals surface area contributed by atoms with Crippen LogP contribution >= 0.6 is 11.3 Å². The lowest BCUT2D eigenvalue weighted by atomic mass is 9.77. The normalized spacial score (nSPS) is 12.6. The third-order valence-electron chi connectivity index (χ3n) is 6.65. The molecule has 1 unspecified atom stereocenters. The minimum Gasteiger partial charge on any atom is -0.382 e. The van der Waals surface area contributed by atoms with E-state index in [9.17, 15) is 5.11 Å². The van der Waals surface area contributed by atoms with Crippen molar-refractivity contribution < 1.29 is 5.11 Å². The van der Waals surface area contributed by atoms with Gasteiger partial charge in [-0.2, -0.15) is 0 Å². The molecule has 0 amide bonds. The molecule has 4 aromatic carbocycles. The highest BCUT2D eigenvalue weighted by Gasteiger charge is 2.38. The van der Waals surface area contributed by atoms with Crippen LogP contribution in [0.4, 0.5) is 0 Å². The maximum Gasteiger partial charge on any atom is 0.124 e. The van der Waals surface area contributed by atoms with Crippen molar-refractivity contribution in [2.75, 3.05) is 0 Å². The number of hydrogen-bond acceptors (Lipinski definition) is 3. The standard InChI is InChI=1S/C31H24N2OS/c34-30(27-21-35-29-19-11-10-18-26(27)29)28-20-33(22-32-28)31(23-12-4-1-5-13-23,24-14-6-2-7-15-24)25-16-8-3-9-17-25/h1-22,30,34H. The first-order valence-corrected chi connectivity index (χ1v) is 12.5. The number of hydrogen-bond donors (Lipinski definition) is 1. The van der Waals surface area contributed by atoms with Gasteiger partial charge in [0, 0.05) is 16.5 Å². The molecule has 6 rings (SSSR count). The molecule has 0 fully saturated rings. The summed E-state index contributed by atoms with van der Waals surface area (Å²) in [5, 5.41) is 14.5. The smallest absolute Gasteiger partial charge is 0.124 e. The molecule has 170 valence electrons. The van der Waals surface area contributed by atoms with Crippen molar-refractivity contribution >= 4 is 21.4 Å². The third kappa shape index (κ3) is 3.59. The zero-order chi connectivity index (χ0) is 23.7. The van der Waals surface area contributed by atoms with Crippen molar-refractivity contribution in [3.8, 4) is 0 Å². The van der Waals surface area contributed by atoms with Crippen LogP contribution in [0.5, 0.6) is 0 Å². The van der Waals surface area contributed by atoms with E-state index < -0.39 is 11.6 Å². The van der Waals surface area contributed by atoms with Gasteiger partial charge in [-0.1, -0.05) is 109 Å². The molecule has 2 heterocycles. The van der Waals surface area contributed by atoms with E-state index in [1.807, 2.05) is 48.2 Å². The van der Waals surface area contributed by atoms with Gasteiger partial charge in [0.15, 0.2) is 0 Å². The van der Waals surface area contributed by atoms with Crippen molar-refractivity contribution in [1.29, 1.82) is 0 Å². The van der Waals surface area contributed by atoms with Crippen LogP contribution in [-0.2, 0) is 5.54 Å². The van der Waals surface area contributed by atoms with E-state index in [1.54, 1.807) is 11.3 Å². The predicted octanol–water partition coefficient (Wildman–Crippen LogP) is 7.02. The van der Waals surface area contributed by atoms with E-state index in [2.05, 4.69) is 89.5 Å². The molecule has 1 atom stereocenters. The zero-order valence-electron chi connectivity index (χ0n) is 19.0. The quantitative estimate of drug-likeness (QED) is 0.265. The van der Waals surface area contributed by atoms with Gasteiger partial charge in [0.2, 0.25) is 0 Å². The largest absolute Gasteiger partial charge is 0.382 e. The number of rotatable bonds is 6. The monoisotopic (exact) mass is 472 g/mol. The molecule has 0 spiro atoms.